The Morgan fingerprint density at radius 2 is 1.74 bits per heavy atom. The van der Waals surface area contributed by atoms with E-state index >= 15 is 0 Å². The van der Waals surface area contributed by atoms with Crippen LogP contribution in [0.5, 0.6) is 11.5 Å². The molecule has 0 aliphatic rings. The fraction of sp³-hybridized carbons (Fsp3) is 0.316. The molecule has 8 nitrogen and oxygen atoms in total. The lowest BCUT2D eigenvalue weighted by atomic mass is 10.2. The molecule has 1 aromatic carbocycles. The summed E-state index contributed by atoms with van der Waals surface area (Å²) in [6.45, 7) is 19.6. The molecule has 0 bridgehead atoms. The molecular weight excluding hydrogens is 593 g/mol. The molecular formula is C38H54FN5O3. The third-order valence-corrected chi connectivity index (χ3v) is 5.74. The summed E-state index contributed by atoms with van der Waals surface area (Å²) in [5.74, 6) is 0.510. The van der Waals surface area contributed by atoms with Crippen molar-refractivity contribution in [1.29, 1.82) is 0 Å². The molecule has 0 saturated carbocycles. The van der Waals surface area contributed by atoms with E-state index in [1.165, 1.54) is 69.3 Å². The average Bonchev–Trinajstić information content (AvgIpc) is 3.06. The summed E-state index contributed by atoms with van der Waals surface area (Å²) < 4.78 is 25.3. The molecule has 0 spiro atoms. The van der Waals surface area contributed by atoms with E-state index in [0.717, 1.165) is 13.0 Å². The lowest BCUT2D eigenvalue weighted by molar-refractivity contribution is 0.171. The van der Waals surface area contributed by atoms with Gasteiger partial charge in [-0.05, 0) is 101 Å². The molecule has 1 aromatic heterocycles. The van der Waals surface area contributed by atoms with Crippen molar-refractivity contribution in [2.75, 3.05) is 38.7 Å². The van der Waals surface area contributed by atoms with Gasteiger partial charge in [0.05, 0.1) is 5.69 Å². The monoisotopic (exact) mass is 647 g/mol. The maximum absolute atomic E-state index is 14.6. The largest absolute Gasteiger partial charge is 0.508 e. The smallest absolute Gasteiger partial charge is 0.167 e. The molecule has 0 aliphatic heterocycles. The van der Waals surface area contributed by atoms with Gasteiger partial charge >= 0.3 is 0 Å². The Hall–Kier alpha value is -4.73. The fourth-order valence-electron chi connectivity index (χ4n) is 3.74. The van der Waals surface area contributed by atoms with Gasteiger partial charge in [0.15, 0.2) is 11.6 Å². The summed E-state index contributed by atoms with van der Waals surface area (Å²) in [5, 5.41) is 12.5. The third-order valence-electron chi connectivity index (χ3n) is 5.74. The highest BCUT2D eigenvalue weighted by atomic mass is 19.1. The van der Waals surface area contributed by atoms with Crippen LogP contribution in [0.4, 0.5) is 10.1 Å². The summed E-state index contributed by atoms with van der Waals surface area (Å²) in [6.07, 6.45) is 23.2. The molecule has 0 saturated heterocycles. The summed E-state index contributed by atoms with van der Waals surface area (Å²) >= 11 is 0. The molecule has 2 aromatic rings. The van der Waals surface area contributed by atoms with Crippen molar-refractivity contribution in [3.8, 4) is 11.5 Å². The Balaban J connectivity index is 0.00000118. The summed E-state index contributed by atoms with van der Waals surface area (Å²) in [4.78, 5) is 10.8. The van der Waals surface area contributed by atoms with Gasteiger partial charge in [0.2, 0.25) is 0 Å². The van der Waals surface area contributed by atoms with Gasteiger partial charge in [-0.2, -0.15) is 0 Å². The van der Waals surface area contributed by atoms with E-state index in [2.05, 4.69) is 47.2 Å². The van der Waals surface area contributed by atoms with Gasteiger partial charge in [0.1, 0.15) is 17.3 Å². The highest BCUT2D eigenvalue weighted by molar-refractivity contribution is 6.04. The average molecular weight is 648 g/mol. The predicted octanol–water partition coefficient (Wildman–Crippen LogP) is 9.36. The lowest BCUT2D eigenvalue weighted by Crippen LogP contribution is -2.27. The number of rotatable bonds is 17. The second kappa shape index (κ2) is 28.7. The predicted molar refractivity (Wildman–Crippen MR) is 198 cm³/mol. The number of hydrogen-bond donors (Lipinski definition) is 3. The number of nitrogens with two attached hydrogens (primary N) is 1. The topological polar surface area (TPSA) is 105 Å². The minimum atomic E-state index is -0.551. The van der Waals surface area contributed by atoms with Crippen molar-refractivity contribution in [3.05, 3.63) is 128 Å². The van der Waals surface area contributed by atoms with Crippen LogP contribution < -0.4 is 15.8 Å². The number of aromatic nitrogens is 1. The van der Waals surface area contributed by atoms with E-state index in [9.17, 15) is 9.50 Å². The van der Waals surface area contributed by atoms with Gasteiger partial charge in [-0.3, -0.25) is 4.98 Å². The molecule has 4 N–H and O–H groups in total. The minimum absolute atomic E-state index is 0.0576. The first-order valence-corrected chi connectivity index (χ1v) is 15.7. The van der Waals surface area contributed by atoms with E-state index in [-0.39, 0.29) is 11.5 Å². The Kier molecular flexibility index (Phi) is 25.8. The van der Waals surface area contributed by atoms with Crippen molar-refractivity contribution in [2.45, 2.75) is 47.0 Å². The number of nitrogens with one attached hydrogen (secondary N) is 1. The van der Waals surface area contributed by atoms with Crippen LogP contribution in [0.15, 0.2) is 121 Å². The van der Waals surface area contributed by atoms with Crippen LogP contribution in [0.1, 0.15) is 52.7 Å². The number of anilines is 1. The first kappa shape index (κ1) is 42.3. The molecule has 0 aliphatic carbocycles. The van der Waals surface area contributed by atoms with Crippen LogP contribution in [-0.4, -0.2) is 54.2 Å². The van der Waals surface area contributed by atoms with Crippen LogP contribution in [0, 0.1) is 5.82 Å². The van der Waals surface area contributed by atoms with Crippen LogP contribution in [0.25, 0.3) is 6.08 Å². The third kappa shape index (κ3) is 21.6. The van der Waals surface area contributed by atoms with E-state index < -0.39 is 5.82 Å². The number of amidine groups is 1. The molecule has 2 rings (SSSR count). The van der Waals surface area contributed by atoms with Crippen molar-refractivity contribution >= 4 is 17.6 Å². The van der Waals surface area contributed by atoms with E-state index in [1.807, 2.05) is 6.92 Å². The van der Waals surface area contributed by atoms with Gasteiger partial charge in [-0.25, -0.2) is 9.38 Å². The number of allylic oxidation sites excluding steroid dienone is 7. The Labute approximate surface area is 281 Å². The van der Waals surface area contributed by atoms with Crippen LogP contribution in [0.2, 0.25) is 0 Å². The maximum Gasteiger partial charge on any atom is 0.167 e. The van der Waals surface area contributed by atoms with Gasteiger partial charge in [0.25, 0.3) is 0 Å². The van der Waals surface area contributed by atoms with Crippen molar-refractivity contribution in [1.82, 2.24) is 9.88 Å². The van der Waals surface area contributed by atoms with Crippen molar-refractivity contribution < 1.29 is 19.0 Å². The van der Waals surface area contributed by atoms with Crippen LogP contribution in [0.3, 0.4) is 0 Å². The minimum Gasteiger partial charge on any atom is -0.508 e. The molecule has 0 atom stereocenters. The first-order valence-electron chi connectivity index (χ1n) is 15.7. The fourth-order valence-corrected chi connectivity index (χ4v) is 3.74. The zero-order valence-corrected chi connectivity index (χ0v) is 28.7. The molecule has 9 heteroatoms. The Morgan fingerprint density at radius 1 is 1.04 bits per heavy atom. The number of methoxy groups -OCH3 is 1. The van der Waals surface area contributed by atoms with Gasteiger partial charge in [0, 0.05) is 50.5 Å². The number of benzene rings is 1. The SMILES string of the molecule is C=CC.C=CN=C(\C=C/C=C\C=C\N)Nc1ccc(Oc2ccnc(/C=C\C(O)=C/C)c2)c(F)c1.CCCN(CCC)CCCOC. The molecule has 0 amide bonds. The van der Waals surface area contributed by atoms with Gasteiger partial charge in [-0.1, -0.05) is 44.7 Å². The van der Waals surface area contributed by atoms with Crippen LogP contribution in [-0.2, 0) is 4.74 Å². The number of aliphatic hydroxyl groups excluding tert-OH is 1. The van der Waals surface area contributed by atoms with Gasteiger partial charge in [-0.15, -0.1) is 6.58 Å². The van der Waals surface area contributed by atoms with E-state index in [0.29, 0.717) is 23.0 Å². The molecule has 0 radical (unpaired) electrons. The molecule has 1 heterocycles. The number of aliphatic hydroxyl groups is 1. The maximum atomic E-state index is 14.6. The Morgan fingerprint density at radius 3 is 2.34 bits per heavy atom. The standard InChI is InChI=1S/C25H25FN4O2.C10H23NO.C3H6/c1-3-21(31)12-10-19-17-22(14-16-29-19)32-24-13-11-20(18-23(24)26)30-25(28-4-2)9-7-5-6-8-15-27;1-4-7-11(8-5-2)9-6-10-12-3;1-3-2/h3-18,31H,2,27H2,1H3,(H,28,30);4-10H2,1-3H3;3H,1H2,2H3/b6-5-,9-7-,12-10-,15-8+,21-3+;;. The Bertz CT molecular complexity index is 1330. The quantitative estimate of drug-likeness (QED) is 0.0392. The highest BCUT2D eigenvalue weighted by Gasteiger charge is 2.08. The number of aliphatic imine (C=N–C) groups is 1. The number of pyridine rings is 1. The van der Waals surface area contributed by atoms with E-state index in [1.54, 1.807) is 80.8 Å². The number of nitrogens with zero attached hydrogens (tertiary/aromatic N) is 3. The second-order valence-corrected chi connectivity index (χ2v) is 9.76. The van der Waals surface area contributed by atoms with Crippen molar-refractivity contribution in [3.63, 3.8) is 0 Å². The summed E-state index contributed by atoms with van der Waals surface area (Å²) in [5.41, 5.74) is 6.31. The zero-order valence-electron chi connectivity index (χ0n) is 28.7. The van der Waals surface area contributed by atoms with Crippen molar-refractivity contribution in [2.24, 2.45) is 10.7 Å². The van der Waals surface area contributed by atoms with Gasteiger partial charge < -0.3 is 30.5 Å². The number of ether oxygens (including phenoxy) is 2. The first-order chi connectivity index (χ1) is 22.8. The zero-order chi connectivity index (χ0) is 35.1. The molecule has 0 unspecified atom stereocenters. The second-order valence-electron chi connectivity index (χ2n) is 9.76. The molecule has 256 valence electrons. The lowest BCUT2D eigenvalue weighted by Gasteiger charge is -2.20. The van der Waals surface area contributed by atoms with E-state index in [4.69, 9.17) is 15.2 Å². The van der Waals surface area contributed by atoms with Crippen LogP contribution >= 0.6 is 0 Å². The highest BCUT2D eigenvalue weighted by Crippen LogP contribution is 2.27. The number of hydrogen-bond acceptors (Lipinski definition) is 7. The summed E-state index contributed by atoms with van der Waals surface area (Å²) in [6, 6.07) is 7.74. The molecule has 47 heavy (non-hydrogen) atoms. The molecule has 0 fully saturated rings. The number of halogens is 1. The normalized spacial score (nSPS) is 11.9. The summed E-state index contributed by atoms with van der Waals surface area (Å²) in [7, 11) is 1.77.